The normalized spacial score (nSPS) is 17.4. The lowest BCUT2D eigenvalue weighted by Crippen LogP contribution is -2.51. The van der Waals surface area contributed by atoms with E-state index in [-0.39, 0.29) is 35.9 Å². The Balaban J connectivity index is 1.25. The zero-order valence-corrected chi connectivity index (χ0v) is 21.2. The highest BCUT2D eigenvalue weighted by atomic mass is 19.1. The molecule has 1 N–H and O–H groups in total. The van der Waals surface area contributed by atoms with Crippen molar-refractivity contribution in [3.05, 3.63) is 59.4 Å². The van der Waals surface area contributed by atoms with Gasteiger partial charge in [0.25, 0.3) is 0 Å². The summed E-state index contributed by atoms with van der Waals surface area (Å²) in [4.78, 5) is 29.6. The smallest absolute Gasteiger partial charge is 0.234 e. The first-order valence-electron chi connectivity index (χ1n) is 12.8. The quantitative estimate of drug-likeness (QED) is 0.574. The number of amides is 1. The monoisotopic (exact) mass is 497 g/mol. The van der Waals surface area contributed by atoms with Gasteiger partial charge in [0.2, 0.25) is 5.91 Å². The maximum atomic E-state index is 13.4. The van der Waals surface area contributed by atoms with Crippen LogP contribution in [0.15, 0.2) is 42.5 Å². The van der Waals surface area contributed by atoms with Gasteiger partial charge >= 0.3 is 0 Å². The fourth-order valence-electron chi connectivity index (χ4n) is 4.72. The topological polar surface area (TPSA) is 71.1 Å². The van der Waals surface area contributed by atoms with Gasteiger partial charge in [-0.05, 0) is 41.3 Å². The molecule has 8 heteroatoms. The van der Waals surface area contributed by atoms with Crippen molar-refractivity contribution < 1.29 is 23.5 Å². The molecule has 0 aromatic heterocycles. The van der Waals surface area contributed by atoms with Crippen LogP contribution in [-0.4, -0.2) is 74.0 Å². The summed E-state index contributed by atoms with van der Waals surface area (Å²) in [5.74, 6) is 1.42. The molecule has 1 fully saturated rings. The number of carbonyl (C=O) groups is 2. The van der Waals surface area contributed by atoms with Crippen molar-refractivity contribution in [2.24, 2.45) is 5.92 Å². The van der Waals surface area contributed by atoms with Crippen LogP contribution in [0.3, 0.4) is 0 Å². The number of benzene rings is 2. The third-order valence-corrected chi connectivity index (χ3v) is 6.64. The van der Waals surface area contributed by atoms with Gasteiger partial charge in [0.1, 0.15) is 5.82 Å². The Kier molecular flexibility index (Phi) is 8.93. The number of hydrogen-bond donors (Lipinski definition) is 1. The molecule has 7 nitrogen and oxygen atoms in total. The summed E-state index contributed by atoms with van der Waals surface area (Å²) in [7, 11) is 0. The summed E-state index contributed by atoms with van der Waals surface area (Å²) >= 11 is 0. The van der Waals surface area contributed by atoms with E-state index in [4.69, 9.17) is 9.47 Å². The van der Waals surface area contributed by atoms with Crippen LogP contribution >= 0.6 is 0 Å². The maximum absolute atomic E-state index is 13.4. The highest BCUT2D eigenvalue weighted by Crippen LogP contribution is 2.34. The molecule has 1 atom stereocenters. The maximum Gasteiger partial charge on any atom is 0.234 e. The van der Waals surface area contributed by atoms with E-state index in [1.165, 1.54) is 12.1 Å². The molecule has 2 aliphatic heterocycles. The van der Waals surface area contributed by atoms with Gasteiger partial charge in [-0.1, -0.05) is 32.0 Å². The molecule has 4 rings (SSSR count). The van der Waals surface area contributed by atoms with Crippen LogP contribution in [0.1, 0.15) is 37.4 Å². The number of nitrogens with zero attached hydrogens (tertiary/aromatic N) is 2. The molecule has 2 aromatic carbocycles. The van der Waals surface area contributed by atoms with Crippen molar-refractivity contribution in [3.63, 3.8) is 0 Å². The number of ketones is 1. The number of hydrogen-bond acceptors (Lipinski definition) is 6. The molecule has 2 heterocycles. The first-order chi connectivity index (χ1) is 17.4. The number of nitrogens with one attached hydrogen (secondary N) is 1. The van der Waals surface area contributed by atoms with Crippen LogP contribution in [0.5, 0.6) is 11.5 Å². The Bertz CT molecular complexity index is 1050. The zero-order valence-electron chi connectivity index (χ0n) is 21.2. The van der Waals surface area contributed by atoms with Crippen molar-refractivity contribution in [1.82, 2.24) is 15.1 Å². The molecular weight excluding hydrogens is 461 g/mol. The predicted molar refractivity (Wildman–Crippen MR) is 136 cm³/mol. The molecule has 36 heavy (non-hydrogen) atoms. The molecule has 194 valence electrons. The van der Waals surface area contributed by atoms with E-state index in [0.29, 0.717) is 31.9 Å². The van der Waals surface area contributed by atoms with Gasteiger partial charge in [0.15, 0.2) is 17.3 Å². The summed E-state index contributed by atoms with van der Waals surface area (Å²) in [5, 5.41) is 3.20. The lowest BCUT2D eigenvalue weighted by molar-refractivity contribution is -0.124. The van der Waals surface area contributed by atoms with E-state index >= 15 is 0 Å². The number of fused-ring (bicyclic) bond motifs is 1. The zero-order chi connectivity index (χ0) is 25.5. The predicted octanol–water partition coefficient (Wildman–Crippen LogP) is 3.23. The number of halogens is 1. The summed E-state index contributed by atoms with van der Waals surface area (Å²) < 4.78 is 24.9. The number of ether oxygens (including phenoxy) is 2. The van der Waals surface area contributed by atoms with Crippen molar-refractivity contribution in [2.45, 2.75) is 32.7 Å². The van der Waals surface area contributed by atoms with Gasteiger partial charge in [-0.15, -0.1) is 0 Å². The van der Waals surface area contributed by atoms with Crippen molar-refractivity contribution >= 4 is 11.7 Å². The van der Waals surface area contributed by atoms with Crippen LogP contribution < -0.4 is 14.8 Å². The molecule has 2 aliphatic rings. The SMILES string of the molecule is CC(C)C(NC(=O)CN1CCN(CC(=O)Cc2cccc(F)c2)CC1)c1ccc2c(c1)OCCCO2. The molecule has 0 bridgehead atoms. The van der Waals surface area contributed by atoms with Crippen LogP contribution in [0.25, 0.3) is 0 Å². The van der Waals surface area contributed by atoms with Gasteiger partial charge in [-0.3, -0.25) is 19.4 Å². The molecular formula is C28H36FN3O4. The van der Waals surface area contributed by atoms with Crippen LogP contribution in [0.2, 0.25) is 0 Å². The third-order valence-electron chi connectivity index (χ3n) is 6.64. The fourth-order valence-corrected chi connectivity index (χ4v) is 4.72. The average Bonchev–Trinajstić information content (AvgIpc) is 3.08. The minimum absolute atomic E-state index is 0.0172. The Morgan fingerprint density at radius 3 is 2.33 bits per heavy atom. The van der Waals surface area contributed by atoms with Crippen LogP contribution in [0.4, 0.5) is 4.39 Å². The minimum Gasteiger partial charge on any atom is -0.490 e. The Labute approximate surface area is 212 Å². The fraction of sp³-hybridized carbons (Fsp3) is 0.500. The largest absolute Gasteiger partial charge is 0.490 e. The van der Waals surface area contributed by atoms with E-state index in [2.05, 4.69) is 29.0 Å². The number of carbonyl (C=O) groups excluding carboxylic acids is 2. The minimum atomic E-state index is -0.323. The Morgan fingerprint density at radius 2 is 1.64 bits per heavy atom. The van der Waals surface area contributed by atoms with E-state index in [1.807, 2.05) is 18.2 Å². The van der Waals surface area contributed by atoms with E-state index in [9.17, 15) is 14.0 Å². The van der Waals surface area contributed by atoms with Crippen LogP contribution in [-0.2, 0) is 16.0 Å². The molecule has 1 unspecified atom stereocenters. The van der Waals surface area contributed by atoms with Crippen molar-refractivity contribution in [3.8, 4) is 11.5 Å². The van der Waals surface area contributed by atoms with Gasteiger partial charge in [0.05, 0.1) is 32.3 Å². The van der Waals surface area contributed by atoms with E-state index in [1.54, 1.807) is 12.1 Å². The van der Waals surface area contributed by atoms with Crippen molar-refractivity contribution in [2.75, 3.05) is 52.5 Å². The molecule has 2 aromatic rings. The van der Waals surface area contributed by atoms with E-state index in [0.717, 1.165) is 49.7 Å². The lowest BCUT2D eigenvalue weighted by Gasteiger charge is -2.34. The van der Waals surface area contributed by atoms with Gasteiger partial charge in [-0.2, -0.15) is 0 Å². The molecule has 0 aliphatic carbocycles. The van der Waals surface area contributed by atoms with E-state index < -0.39 is 0 Å². The summed E-state index contributed by atoms with van der Waals surface area (Å²) in [6.45, 7) is 8.99. The summed E-state index contributed by atoms with van der Waals surface area (Å²) in [6.07, 6.45) is 1.08. The van der Waals surface area contributed by atoms with Crippen LogP contribution in [0, 0.1) is 11.7 Å². The van der Waals surface area contributed by atoms with Crippen molar-refractivity contribution in [1.29, 1.82) is 0 Å². The first-order valence-corrected chi connectivity index (χ1v) is 12.8. The molecule has 0 spiro atoms. The molecule has 1 saturated heterocycles. The molecule has 0 saturated carbocycles. The second-order valence-corrected chi connectivity index (χ2v) is 9.94. The highest BCUT2D eigenvalue weighted by Gasteiger charge is 2.24. The first kappa shape index (κ1) is 26.1. The second-order valence-electron chi connectivity index (χ2n) is 9.94. The molecule has 1 amide bonds. The van der Waals surface area contributed by atoms with Gasteiger partial charge in [-0.25, -0.2) is 4.39 Å². The van der Waals surface area contributed by atoms with Gasteiger partial charge in [0, 0.05) is 39.0 Å². The number of rotatable bonds is 9. The standard InChI is InChI=1S/C28H36FN3O4/c1-20(2)28(22-7-8-25-26(17-22)36-14-4-13-35-25)30-27(34)19-32-11-9-31(10-12-32)18-24(33)16-21-5-3-6-23(29)15-21/h3,5-8,15,17,20,28H,4,9-14,16,18-19H2,1-2H3,(H,30,34). The number of Topliss-reactive ketones (excluding diaryl/α,β-unsaturated/α-hetero) is 1. The lowest BCUT2D eigenvalue weighted by atomic mass is 9.95. The second kappa shape index (κ2) is 12.3. The third kappa shape index (κ3) is 7.27. The summed E-state index contributed by atoms with van der Waals surface area (Å²) in [6, 6.07) is 12.0. The Morgan fingerprint density at radius 1 is 0.944 bits per heavy atom. The van der Waals surface area contributed by atoms with Gasteiger partial charge < -0.3 is 14.8 Å². The Hall–Kier alpha value is -2.97. The summed E-state index contributed by atoms with van der Waals surface area (Å²) in [5.41, 5.74) is 1.70. The number of piperazine rings is 1. The highest BCUT2D eigenvalue weighted by molar-refractivity contribution is 5.82. The average molecular weight is 498 g/mol. The molecule has 0 radical (unpaired) electrons.